The van der Waals surface area contributed by atoms with Gasteiger partial charge in [0.1, 0.15) is 5.82 Å². The number of alkyl halides is 1. The van der Waals surface area contributed by atoms with Crippen LogP contribution in [0.4, 0.5) is 4.39 Å². The van der Waals surface area contributed by atoms with Crippen LogP contribution in [-0.4, -0.2) is 4.98 Å². The zero-order valence-corrected chi connectivity index (χ0v) is 7.10. The van der Waals surface area contributed by atoms with E-state index in [2.05, 4.69) is 20.9 Å². The van der Waals surface area contributed by atoms with Crippen LogP contribution in [0, 0.1) is 5.82 Å². The van der Waals surface area contributed by atoms with Crippen LogP contribution < -0.4 is 0 Å². The van der Waals surface area contributed by atoms with Crippen LogP contribution >= 0.6 is 15.9 Å². The lowest BCUT2D eigenvalue weighted by atomic mass is 10.3. The molecule has 0 spiro atoms. The molecule has 0 fully saturated rings. The van der Waals surface area contributed by atoms with Gasteiger partial charge in [0.15, 0.2) is 0 Å². The van der Waals surface area contributed by atoms with Crippen molar-refractivity contribution in [1.29, 1.82) is 0 Å². The van der Waals surface area contributed by atoms with E-state index in [9.17, 15) is 4.39 Å². The monoisotopic (exact) mass is 203 g/mol. The van der Waals surface area contributed by atoms with E-state index < -0.39 is 0 Å². The molecular weight excluding hydrogens is 197 g/mol. The quantitative estimate of drug-likeness (QED) is 0.640. The summed E-state index contributed by atoms with van der Waals surface area (Å²) in [6.45, 7) is 1.94. The molecule has 10 heavy (non-hydrogen) atoms. The summed E-state index contributed by atoms with van der Waals surface area (Å²) in [5.41, 5.74) is 0.849. The molecule has 0 aromatic carbocycles. The molecule has 0 amide bonds. The van der Waals surface area contributed by atoms with Crippen LogP contribution in [-0.2, 0) is 0 Å². The summed E-state index contributed by atoms with van der Waals surface area (Å²) in [5.74, 6) is -0.295. The van der Waals surface area contributed by atoms with Crippen molar-refractivity contribution in [2.24, 2.45) is 0 Å². The molecule has 54 valence electrons. The number of aromatic nitrogens is 1. The summed E-state index contributed by atoms with van der Waals surface area (Å²) in [4.78, 5) is 4.04. The van der Waals surface area contributed by atoms with E-state index in [0.29, 0.717) is 0 Å². The molecule has 0 radical (unpaired) electrons. The SMILES string of the molecule is C[C@H](Br)c1ccc(F)cn1. The summed E-state index contributed by atoms with van der Waals surface area (Å²) < 4.78 is 12.3. The molecule has 1 heterocycles. The Bertz CT molecular complexity index is 207. The summed E-state index contributed by atoms with van der Waals surface area (Å²) in [6.07, 6.45) is 1.22. The van der Waals surface area contributed by atoms with Crippen molar-refractivity contribution in [2.75, 3.05) is 0 Å². The van der Waals surface area contributed by atoms with Crippen LogP contribution in [0.25, 0.3) is 0 Å². The first-order valence-electron chi connectivity index (χ1n) is 2.95. The third-order valence-electron chi connectivity index (χ3n) is 1.16. The smallest absolute Gasteiger partial charge is 0.141 e. The second-order valence-corrected chi connectivity index (χ2v) is 3.39. The number of nitrogens with zero attached hydrogens (tertiary/aromatic N) is 1. The van der Waals surface area contributed by atoms with E-state index in [-0.39, 0.29) is 10.6 Å². The van der Waals surface area contributed by atoms with Crippen molar-refractivity contribution in [3.8, 4) is 0 Å². The number of rotatable bonds is 1. The fourth-order valence-corrected chi connectivity index (χ4v) is 0.893. The van der Waals surface area contributed by atoms with E-state index in [0.717, 1.165) is 5.69 Å². The van der Waals surface area contributed by atoms with Crippen LogP contribution in [0.15, 0.2) is 18.3 Å². The first-order valence-corrected chi connectivity index (χ1v) is 3.87. The molecule has 0 aliphatic carbocycles. The first kappa shape index (κ1) is 7.66. The van der Waals surface area contributed by atoms with E-state index in [1.807, 2.05) is 6.92 Å². The molecule has 0 saturated heterocycles. The van der Waals surface area contributed by atoms with Crippen LogP contribution in [0.3, 0.4) is 0 Å². The Kier molecular flexibility index (Phi) is 2.38. The second kappa shape index (κ2) is 3.10. The predicted molar refractivity (Wildman–Crippen MR) is 41.5 cm³/mol. The zero-order chi connectivity index (χ0) is 7.56. The van der Waals surface area contributed by atoms with Gasteiger partial charge in [-0.05, 0) is 19.1 Å². The largest absolute Gasteiger partial charge is 0.257 e. The maximum absolute atomic E-state index is 12.3. The number of hydrogen-bond acceptors (Lipinski definition) is 1. The summed E-state index contributed by atoms with van der Waals surface area (Å²) in [6, 6.07) is 3.06. The minimum Gasteiger partial charge on any atom is -0.257 e. The van der Waals surface area contributed by atoms with Gasteiger partial charge in [-0.15, -0.1) is 0 Å². The molecule has 1 aromatic heterocycles. The molecule has 0 bridgehead atoms. The van der Waals surface area contributed by atoms with Crippen LogP contribution in [0.2, 0.25) is 0 Å². The molecule has 1 nitrogen and oxygen atoms in total. The Hall–Kier alpha value is -0.440. The van der Waals surface area contributed by atoms with Gasteiger partial charge in [-0.1, -0.05) is 15.9 Å². The lowest BCUT2D eigenvalue weighted by molar-refractivity contribution is 0.619. The lowest BCUT2D eigenvalue weighted by Crippen LogP contribution is -1.88. The zero-order valence-electron chi connectivity index (χ0n) is 5.51. The fraction of sp³-hybridized carbons (Fsp3) is 0.286. The van der Waals surface area contributed by atoms with E-state index in [1.165, 1.54) is 12.3 Å². The standard InChI is InChI=1S/C7H7BrFN/c1-5(8)7-3-2-6(9)4-10-7/h2-5H,1H3/t5-/m0/s1. The number of halogens is 2. The number of pyridine rings is 1. The third-order valence-corrected chi connectivity index (χ3v) is 1.63. The van der Waals surface area contributed by atoms with Crippen molar-refractivity contribution in [2.45, 2.75) is 11.8 Å². The predicted octanol–water partition coefficient (Wildman–Crippen LogP) is 2.68. The highest BCUT2D eigenvalue weighted by Crippen LogP contribution is 2.18. The van der Waals surface area contributed by atoms with Crippen molar-refractivity contribution < 1.29 is 4.39 Å². The lowest BCUT2D eigenvalue weighted by Gasteiger charge is -1.99. The van der Waals surface area contributed by atoms with E-state index in [1.54, 1.807) is 6.07 Å². The first-order chi connectivity index (χ1) is 4.70. The minimum absolute atomic E-state index is 0.188. The van der Waals surface area contributed by atoms with Crippen molar-refractivity contribution in [1.82, 2.24) is 4.98 Å². The maximum atomic E-state index is 12.3. The van der Waals surface area contributed by atoms with Crippen LogP contribution in [0.1, 0.15) is 17.4 Å². The summed E-state index contributed by atoms with van der Waals surface area (Å²) in [7, 11) is 0. The highest BCUT2D eigenvalue weighted by Gasteiger charge is 2.00. The molecular formula is C7H7BrFN. The topological polar surface area (TPSA) is 12.9 Å². The molecule has 1 atom stereocenters. The molecule has 0 aliphatic heterocycles. The van der Waals surface area contributed by atoms with E-state index >= 15 is 0 Å². The average molecular weight is 204 g/mol. The van der Waals surface area contributed by atoms with E-state index in [4.69, 9.17) is 0 Å². The van der Waals surface area contributed by atoms with Gasteiger partial charge in [-0.25, -0.2) is 4.39 Å². The normalized spacial score (nSPS) is 13.1. The Morgan fingerprint density at radius 2 is 2.30 bits per heavy atom. The van der Waals surface area contributed by atoms with Gasteiger partial charge in [-0.3, -0.25) is 4.98 Å². The molecule has 1 rings (SSSR count). The third kappa shape index (κ3) is 1.77. The van der Waals surface area contributed by atoms with Crippen LogP contribution in [0.5, 0.6) is 0 Å². The van der Waals surface area contributed by atoms with Crippen molar-refractivity contribution in [3.05, 3.63) is 29.8 Å². The van der Waals surface area contributed by atoms with Gasteiger partial charge in [0.05, 0.1) is 16.7 Å². The van der Waals surface area contributed by atoms with Gasteiger partial charge in [-0.2, -0.15) is 0 Å². The fourth-order valence-electron chi connectivity index (χ4n) is 0.623. The highest BCUT2D eigenvalue weighted by molar-refractivity contribution is 9.09. The Morgan fingerprint density at radius 3 is 2.70 bits per heavy atom. The van der Waals surface area contributed by atoms with Gasteiger partial charge in [0, 0.05) is 0 Å². The summed E-state index contributed by atoms with van der Waals surface area (Å²) in [5, 5.41) is 0. The van der Waals surface area contributed by atoms with Gasteiger partial charge < -0.3 is 0 Å². The molecule has 0 N–H and O–H groups in total. The number of hydrogen-bond donors (Lipinski definition) is 0. The van der Waals surface area contributed by atoms with Gasteiger partial charge in [0.2, 0.25) is 0 Å². The summed E-state index contributed by atoms with van der Waals surface area (Å²) >= 11 is 3.32. The minimum atomic E-state index is -0.295. The molecule has 0 unspecified atom stereocenters. The van der Waals surface area contributed by atoms with Crippen molar-refractivity contribution >= 4 is 15.9 Å². The Labute approximate surface area is 67.4 Å². The molecule has 1 aromatic rings. The van der Waals surface area contributed by atoms with Crippen molar-refractivity contribution in [3.63, 3.8) is 0 Å². The molecule has 0 aliphatic rings. The Balaban J connectivity index is 2.89. The molecule has 0 saturated carbocycles. The maximum Gasteiger partial charge on any atom is 0.141 e. The van der Waals surface area contributed by atoms with Gasteiger partial charge in [0.25, 0.3) is 0 Å². The average Bonchev–Trinajstić information content (AvgIpc) is 1.88. The Morgan fingerprint density at radius 1 is 1.60 bits per heavy atom. The van der Waals surface area contributed by atoms with Gasteiger partial charge >= 0.3 is 0 Å². The second-order valence-electron chi connectivity index (χ2n) is 2.02. The molecule has 3 heteroatoms. The highest BCUT2D eigenvalue weighted by atomic mass is 79.9.